The Bertz CT molecular complexity index is 525. The van der Waals surface area contributed by atoms with Gasteiger partial charge in [0.05, 0.1) is 16.5 Å². The van der Waals surface area contributed by atoms with Crippen molar-refractivity contribution in [1.29, 1.82) is 0 Å². The van der Waals surface area contributed by atoms with E-state index in [1.54, 1.807) is 20.8 Å². The molecule has 0 aliphatic rings. The molecule has 0 bridgehead atoms. The standard InChI is InChI=1S/C13H20N2O6S/c1-13(2,3)21-12(20)14-5-4-7(16)9(17)10-8(11(18)19)15-6-22-10/h6-7,9,16-17H,4-5H2,1-3H3,(H,14,20)(H,18,19). The molecule has 0 fully saturated rings. The van der Waals surface area contributed by atoms with Crippen LogP contribution in [0.2, 0.25) is 0 Å². The van der Waals surface area contributed by atoms with Gasteiger partial charge in [-0.25, -0.2) is 14.6 Å². The van der Waals surface area contributed by atoms with Crippen molar-refractivity contribution in [2.75, 3.05) is 6.54 Å². The van der Waals surface area contributed by atoms with E-state index in [-0.39, 0.29) is 23.5 Å². The van der Waals surface area contributed by atoms with Crippen molar-refractivity contribution in [1.82, 2.24) is 10.3 Å². The quantitative estimate of drug-likeness (QED) is 0.615. The Balaban J connectivity index is 2.48. The number of amides is 1. The Morgan fingerprint density at radius 1 is 1.41 bits per heavy atom. The zero-order valence-corrected chi connectivity index (χ0v) is 13.4. The number of carbonyl (C=O) groups is 2. The third-order valence-corrected chi connectivity index (χ3v) is 3.44. The average Bonchev–Trinajstić information content (AvgIpc) is 2.84. The number of carboxylic acid groups (broad SMARTS) is 1. The summed E-state index contributed by atoms with van der Waals surface area (Å²) in [5.74, 6) is -1.27. The van der Waals surface area contributed by atoms with E-state index in [0.29, 0.717) is 0 Å². The van der Waals surface area contributed by atoms with Crippen molar-refractivity contribution in [3.05, 3.63) is 16.1 Å². The van der Waals surface area contributed by atoms with Crippen molar-refractivity contribution < 1.29 is 29.6 Å². The van der Waals surface area contributed by atoms with Crippen LogP contribution in [0.4, 0.5) is 4.79 Å². The molecule has 0 spiro atoms. The molecule has 0 saturated heterocycles. The highest BCUT2D eigenvalue weighted by molar-refractivity contribution is 7.10. The Labute approximate surface area is 131 Å². The molecule has 1 aromatic rings. The van der Waals surface area contributed by atoms with E-state index in [9.17, 15) is 19.8 Å². The van der Waals surface area contributed by atoms with Gasteiger partial charge in [0, 0.05) is 6.54 Å². The van der Waals surface area contributed by atoms with Gasteiger partial charge < -0.3 is 25.4 Å². The maximum Gasteiger partial charge on any atom is 0.407 e. The van der Waals surface area contributed by atoms with Crippen LogP contribution in [-0.2, 0) is 4.74 Å². The van der Waals surface area contributed by atoms with Gasteiger partial charge in [-0.3, -0.25) is 0 Å². The maximum absolute atomic E-state index is 11.4. The van der Waals surface area contributed by atoms with Gasteiger partial charge in [0.1, 0.15) is 11.7 Å². The summed E-state index contributed by atoms with van der Waals surface area (Å²) in [6.45, 7) is 5.25. The molecule has 9 heteroatoms. The van der Waals surface area contributed by atoms with E-state index in [0.717, 1.165) is 11.3 Å². The molecule has 1 rings (SSSR count). The molecular weight excluding hydrogens is 312 g/mol. The second-order valence-electron chi connectivity index (χ2n) is 5.60. The lowest BCUT2D eigenvalue weighted by atomic mass is 10.1. The van der Waals surface area contributed by atoms with E-state index < -0.39 is 29.9 Å². The van der Waals surface area contributed by atoms with Gasteiger partial charge in [0.15, 0.2) is 5.69 Å². The highest BCUT2D eigenvalue weighted by atomic mass is 32.1. The average molecular weight is 332 g/mol. The van der Waals surface area contributed by atoms with Crippen molar-refractivity contribution in [2.45, 2.75) is 45.0 Å². The second kappa shape index (κ2) is 7.52. The number of aromatic carboxylic acids is 1. The van der Waals surface area contributed by atoms with E-state index in [1.165, 1.54) is 5.51 Å². The molecule has 8 nitrogen and oxygen atoms in total. The number of hydrogen-bond donors (Lipinski definition) is 4. The lowest BCUT2D eigenvalue weighted by molar-refractivity contribution is 0.0134. The molecule has 2 atom stereocenters. The molecular formula is C13H20N2O6S. The number of thiazole rings is 1. The second-order valence-corrected chi connectivity index (χ2v) is 6.49. The first kappa shape index (κ1) is 18.3. The number of nitrogens with one attached hydrogen (secondary N) is 1. The number of aliphatic hydroxyl groups is 2. The fourth-order valence-electron chi connectivity index (χ4n) is 1.59. The smallest absolute Gasteiger partial charge is 0.407 e. The van der Waals surface area contributed by atoms with Crippen LogP contribution in [0, 0.1) is 0 Å². The molecule has 22 heavy (non-hydrogen) atoms. The number of rotatable bonds is 6. The van der Waals surface area contributed by atoms with E-state index in [1.807, 2.05) is 0 Å². The number of aromatic nitrogens is 1. The first-order chi connectivity index (χ1) is 10.1. The van der Waals surface area contributed by atoms with Crippen LogP contribution in [0.15, 0.2) is 5.51 Å². The largest absolute Gasteiger partial charge is 0.476 e. The van der Waals surface area contributed by atoms with Crippen molar-refractivity contribution >= 4 is 23.4 Å². The number of hydrogen-bond acceptors (Lipinski definition) is 7. The highest BCUT2D eigenvalue weighted by Gasteiger charge is 2.26. The normalized spacial score (nSPS) is 14.2. The molecule has 1 heterocycles. The van der Waals surface area contributed by atoms with Crippen molar-refractivity contribution in [3.63, 3.8) is 0 Å². The Kier molecular flexibility index (Phi) is 6.27. The summed E-state index contributed by atoms with van der Waals surface area (Å²) in [5, 5.41) is 31.2. The van der Waals surface area contributed by atoms with Crippen LogP contribution in [0.1, 0.15) is 48.7 Å². The summed E-state index contributed by atoms with van der Waals surface area (Å²) in [5.41, 5.74) is 0.381. The predicted molar refractivity (Wildman–Crippen MR) is 78.9 cm³/mol. The SMILES string of the molecule is CC(C)(C)OC(=O)NCCC(O)C(O)c1scnc1C(=O)O. The van der Waals surface area contributed by atoms with E-state index in [2.05, 4.69) is 10.3 Å². The minimum atomic E-state index is -1.38. The zero-order chi connectivity index (χ0) is 16.9. The summed E-state index contributed by atoms with van der Waals surface area (Å²) >= 11 is 0.948. The van der Waals surface area contributed by atoms with E-state index in [4.69, 9.17) is 9.84 Å². The van der Waals surface area contributed by atoms with Crippen LogP contribution in [-0.4, -0.2) is 50.6 Å². The van der Waals surface area contributed by atoms with Gasteiger partial charge >= 0.3 is 12.1 Å². The summed E-state index contributed by atoms with van der Waals surface area (Å²) in [4.78, 5) is 26.0. The molecule has 0 aliphatic carbocycles. The van der Waals surface area contributed by atoms with Gasteiger partial charge in [-0.05, 0) is 27.2 Å². The summed E-state index contributed by atoms with van der Waals surface area (Å²) in [6.07, 6.45) is -3.19. The Morgan fingerprint density at radius 3 is 2.59 bits per heavy atom. The highest BCUT2D eigenvalue weighted by Crippen LogP contribution is 2.26. The van der Waals surface area contributed by atoms with Crippen LogP contribution in [0.5, 0.6) is 0 Å². The number of aliphatic hydroxyl groups excluding tert-OH is 2. The van der Waals surface area contributed by atoms with Crippen molar-refractivity contribution in [3.8, 4) is 0 Å². The number of ether oxygens (including phenoxy) is 1. The minimum absolute atomic E-state index is 0.0391. The zero-order valence-electron chi connectivity index (χ0n) is 12.6. The van der Waals surface area contributed by atoms with Gasteiger partial charge in [-0.1, -0.05) is 0 Å². The number of nitrogens with zero attached hydrogens (tertiary/aromatic N) is 1. The van der Waals surface area contributed by atoms with E-state index >= 15 is 0 Å². The Hall–Kier alpha value is -1.71. The molecule has 1 aromatic heterocycles. The number of alkyl carbamates (subject to hydrolysis) is 1. The van der Waals surface area contributed by atoms with Gasteiger partial charge in [-0.15, -0.1) is 11.3 Å². The molecule has 0 saturated carbocycles. The fourth-order valence-corrected chi connectivity index (χ4v) is 2.41. The summed E-state index contributed by atoms with van der Waals surface area (Å²) in [7, 11) is 0. The summed E-state index contributed by atoms with van der Waals surface area (Å²) in [6, 6.07) is 0. The van der Waals surface area contributed by atoms with Crippen molar-refractivity contribution in [2.24, 2.45) is 0 Å². The van der Waals surface area contributed by atoms with Gasteiger partial charge in [-0.2, -0.15) is 0 Å². The number of carboxylic acids is 1. The lowest BCUT2D eigenvalue weighted by Gasteiger charge is -2.21. The number of carbonyl (C=O) groups excluding carboxylic acids is 1. The first-order valence-corrected chi connectivity index (χ1v) is 7.49. The predicted octanol–water partition coefficient (Wildman–Crippen LogP) is 1.15. The maximum atomic E-state index is 11.4. The van der Waals surface area contributed by atoms with Gasteiger partial charge in [0.2, 0.25) is 0 Å². The van der Waals surface area contributed by atoms with Gasteiger partial charge in [0.25, 0.3) is 0 Å². The van der Waals surface area contributed by atoms with Crippen LogP contribution >= 0.6 is 11.3 Å². The van der Waals surface area contributed by atoms with Crippen LogP contribution < -0.4 is 5.32 Å². The molecule has 124 valence electrons. The molecule has 2 unspecified atom stereocenters. The molecule has 0 aromatic carbocycles. The first-order valence-electron chi connectivity index (χ1n) is 6.61. The molecule has 4 N–H and O–H groups in total. The monoisotopic (exact) mass is 332 g/mol. The topological polar surface area (TPSA) is 129 Å². The van der Waals surface area contributed by atoms with Crippen LogP contribution in [0.3, 0.4) is 0 Å². The fraction of sp³-hybridized carbons (Fsp3) is 0.615. The minimum Gasteiger partial charge on any atom is -0.476 e. The third-order valence-electron chi connectivity index (χ3n) is 2.54. The molecule has 1 amide bonds. The third kappa shape index (κ3) is 5.58. The van der Waals surface area contributed by atoms with Crippen LogP contribution in [0.25, 0.3) is 0 Å². The summed E-state index contributed by atoms with van der Waals surface area (Å²) < 4.78 is 5.02. The Morgan fingerprint density at radius 2 is 2.05 bits per heavy atom. The lowest BCUT2D eigenvalue weighted by Crippen LogP contribution is -2.34. The molecule has 0 radical (unpaired) electrons. The molecule has 0 aliphatic heterocycles.